The molecule has 1 aliphatic heterocycles. The van der Waals surface area contributed by atoms with Gasteiger partial charge >= 0.3 is 0 Å². The Kier molecular flexibility index (Phi) is 4.20. The number of pyridine rings is 1. The fourth-order valence-corrected chi connectivity index (χ4v) is 3.12. The zero-order valence-corrected chi connectivity index (χ0v) is 14.6. The van der Waals surface area contributed by atoms with Crippen LogP contribution >= 0.6 is 0 Å². The lowest BCUT2D eigenvalue weighted by molar-refractivity contribution is -0.125. The van der Waals surface area contributed by atoms with E-state index >= 15 is 0 Å². The van der Waals surface area contributed by atoms with Crippen molar-refractivity contribution >= 4 is 17.4 Å². The summed E-state index contributed by atoms with van der Waals surface area (Å²) in [4.78, 5) is 38.6. The van der Waals surface area contributed by atoms with Crippen molar-refractivity contribution in [1.82, 2.24) is 4.57 Å². The molecule has 130 valence electrons. The summed E-state index contributed by atoms with van der Waals surface area (Å²) in [7, 11) is 1.66. The predicted molar refractivity (Wildman–Crippen MR) is 94.4 cm³/mol. The van der Waals surface area contributed by atoms with Gasteiger partial charge in [-0.1, -0.05) is 6.07 Å². The van der Waals surface area contributed by atoms with Gasteiger partial charge in [0.2, 0.25) is 0 Å². The minimum Gasteiger partial charge on any atom is -0.479 e. The number of benzene rings is 1. The third kappa shape index (κ3) is 2.84. The number of aryl methyl sites for hydroxylation is 1. The van der Waals surface area contributed by atoms with E-state index in [4.69, 9.17) is 4.74 Å². The van der Waals surface area contributed by atoms with Crippen molar-refractivity contribution in [2.75, 3.05) is 11.9 Å². The minimum absolute atomic E-state index is 0.166. The molecule has 1 aliphatic rings. The number of hydrogen-bond donors (Lipinski definition) is 0. The molecule has 6 nitrogen and oxygen atoms in total. The standard InChI is InChI=1S/C19H20N2O4/c1-11-6-5-7-17(22)21(11)12(2)18(23)14-8-9-16-15(10-14)20(4)19(24)13(3)25-16/h5-10,12-13H,1-4H3. The number of aromatic nitrogens is 1. The summed E-state index contributed by atoms with van der Waals surface area (Å²) in [6, 6.07) is 9.25. The molecular formula is C19H20N2O4. The summed E-state index contributed by atoms with van der Waals surface area (Å²) in [5.74, 6) is 0.200. The predicted octanol–water partition coefficient (Wildman–Crippen LogP) is 2.34. The van der Waals surface area contributed by atoms with E-state index in [-0.39, 0.29) is 17.2 Å². The van der Waals surface area contributed by atoms with Crippen molar-refractivity contribution in [1.29, 1.82) is 0 Å². The molecule has 6 heteroatoms. The summed E-state index contributed by atoms with van der Waals surface area (Å²) in [5, 5.41) is 0. The number of Topliss-reactive ketones (excluding diaryl/α,β-unsaturated/α-hetero) is 1. The molecule has 0 N–H and O–H groups in total. The second kappa shape index (κ2) is 6.20. The maximum atomic E-state index is 12.9. The van der Waals surface area contributed by atoms with Crippen LogP contribution in [0, 0.1) is 6.92 Å². The molecule has 0 radical (unpaired) electrons. The maximum absolute atomic E-state index is 12.9. The van der Waals surface area contributed by atoms with Crippen molar-refractivity contribution < 1.29 is 14.3 Å². The number of anilines is 1. The highest BCUT2D eigenvalue weighted by molar-refractivity contribution is 6.03. The molecule has 2 heterocycles. The smallest absolute Gasteiger partial charge is 0.267 e. The second-order valence-electron chi connectivity index (χ2n) is 6.26. The van der Waals surface area contributed by atoms with Crippen molar-refractivity contribution in [3.63, 3.8) is 0 Å². The first-order valence-corrected chi connectivity index (χ1v) is 8.12. The van der Waals surface area contributed by atoms with E-state index in [0.29, 0.717) is 17.0 Å². The summed E-state index contributed by atoms with van der Waals surface area (Å²) in [5.41, 5.74) is 1.48. The van der Waals surface area contributed by atoms with Gasteiger partial charge in [0, 0.05) is 24.4 Å². The number of nitrogens with zero attached hydrogens (tertiary/aromatic N) is 2. The molecule has 0 fully saturated rings. The van der Waals surface area contributed by atoms with Gasteiger partial charge in [0.05, 0.1) is 11.7 Å². The highest BCUT2D eigenvalue weighted by Crippen LogP contribution is 2.34. The fourth-order valence-electron chi connectivity index (χ4n) is 3.12. The lowest BCUT2D eigenvalue weighted by Gasteiger charge is -2.30. The zero-order valence-electron chi connectivity index (χ0n) is 14.6. The van der Waals surface area contributed by atoms with Crippen LogP contribution in [0.4, 0.5) is 5.69 Å². The highest BCUT2D eigenvalue weighted by Gasteiger charge is 2.30. The zero-order chi connectivity index (χ0) is 18.3. The van der Waals surface area contributed by atoms with Crippen LogP contribution < -0.4 is 15.2 Å². The molecule has 1 aromatic heterocycles. The molecule has 0 aliphatic carbocycles. The van der Waals surface area contributed by atoms with Gasteiger partial charge in [-0.2, -0.15) is 0 Å². The topological polar surface area (TPSA) is 68.6 Å². The monoisotopic (exact) mass is 340 g/mol. The van der Waals surface area contributed by atoms with Gasteiger partial charge in [0.15, 0.2) is 11.9 Å². The van der Waals surface area contributed by atoms with E-state index in [0.717, 1.165) is 5.69 Å². The Balaban J connectivity index is 1.99. The molecule has 1 aromatic carbocycles. The Morgan fingerprint density at radius 2 is 1.92 bits per heavy atom. The molecular weight excluding hydrogens is 320 g/mol. The first-order chi connectivity index (χ1) is 11.8. The number of ether oxygens (including phenoxy) is 1. The third-order valence-electron chi connectivity index (χ3n) is 4.55. The van der Waals surface area contributed by atoms with Crippen molar-refractivity contribution in [2.24, 2.45) is 0 Å². The number of rotatable bonds is 3. The molecule has 0 spiro atoms. The number of ketones is 1. The number of likely N-dealkylation sites (N-methyl/N-ethyl adjacent to an activating group) is 1. The average Bonchev–Trinajstić information content (AvgIpc) is 2.58. The van der Waals surface area contributed by atoms with Crippen LogP contribution in [0.15, 0.2) is 41.2 Å². The minimum atomic E-state index is -0.642. The van der Waals surface area contributed by atoms with Crippen LogP contribution in [0.25, 0.3) is 0 Å². The van der Waals surface area contributed by atoms with Crippen LogP contribution in [0.1, 0.15) is 35.9 Å². The number of hydrogen-bond acceptors (Lipinski definition) is 4. The van der Waals surface area contributed by atoms with Crippen molar-refractivity contribution in [3.8, 4) is 5.75 Å². The molecule has 0 bridgehead atoms. The lowest BCUT2D eigenvalue weighted by atomic mass is 10.0. The number of carbonyl (C=O) groups is 2. The van der Waals surface area contributed by atoms with Gasteiger partial charge in [0.1, 0.15) is 5.75 Å². The number of fused-ring (bicyclic) bond motifs is 1. The van der Waals surface area contributed by atoms with Gasteiger partial charge in [-0.15, -0.1) is 0 Å². The van der Waals surface area contributed by atoms with E-state index < -0.39 is 12.1 Å². The van der Waals surface area contributed by atoms with E-state index in [1.807, 2.05) is 0 Å². The summed E-state index contributed by atoms with van der Waals surface area (Å²) < 4.78 is 7.04. The van der Waals surface area contributed by atoms with Crippen LogP contribution in [0.2, 0.25) is 0 Å². The van der Waals surface area contributed by atoms with Gasteiger partial charge in [0.25, 0.3) is 11.5 Å². The second-order valence-corrected chi connectivity index (χ2v) is 6.26. The highest BCUT2D eigenvalue weighted by atomic mass is 16.5. The van der Waals surface area contributed by atoms with E-state index in [2.05, 4.69) is 0 Å². The Labute approximate surface area is 145 Å². The summed E-state index contributed by atoms with van der Waals surface area (Å²) >= 11 is 0. The largest absolute Gasteiger partial charge is 0.479 e. The Morgan fingerprint density at radius 1 is 1.20 bits per heavy atom. The van der Waals surface area contributed by atoms with Crippen LogP contribution in [0.3, 0.4) is 0 Å². The quantitative estimate of drug-likeness (QED) is 0.804. The van der Waals surface area contributed by atoms with Crippen LogP contribution in [-0.4, -0.2) is 29.4 Å². The molecule has 3 rings (SSSR count). The van der Waals surface area contributed by atoms with Gasteiger partial charge < -0.3 is 14.2 Å². The fraction of sp³-hybridized carbons (Fsp3) is 0.316. The van der Waals surface area contributed by atoms with E-state index in [1.54, 1.807) is 58.2 Å². The van der Waals surface area contributed by atoms with Gasteiger partial charge in [-0.3, -0.25) is 14.4 Å². The molecule has 2 aromatic rings. The molecule has 25 heavy (non-hydrogen) atoms. The number of amides is 1. The van der Waals surface area contributed by atoms with Gasteiger partial charge in [-0.25, -0.2) is 0 Å². The van der Waals surface area contributed by atoms with Crippen molar-refractivity contribution in [3.05, 3.63) is 58.0 Å². The Hall–Kier alpha value is -2.89. The molecule has 0 saturated carbocycles. The van der Waals surface area contributed by atoms with Crippen molar-refractivity contribution in [2.45, 2.75) is 32.9 Å². The maximum Gasteiger partial charge on any atom is 0.267 e. The Morgan fingerprint density at radius 3 is 2.60 bits per heavy atom. The summed E-state index contributed by atoms with van der Waals surface area (Å²) in [6.07, 6.45) is -0.552. The molecule has 1 amide bonds. The van der Waals surface area contributed by atoms with Crippen LogP contribution in [0.5, 0.6) is 5.75 Å². The van der Waals surface area contributed by atoms with Gasteiger partial charge in [-0.05, 0) is 45.0 Å². The third-order valence-corrected chi connectivity index (χ3v) is 4.55. The SMILES string of the molecule is Cc1cccc(=O)n1C(C)C(=O)c1ccc2c(c1)N(C)C(=O)C(C)O2. The molecule has 0 saturated heterocycles. The lowest BCUT2D eigenvalue weighted by Crippen LogP contribution is -2.42. The Bertz CT molecular complexity index is 916. The average molecular weight is 340 g/mol. The summed E-state index contributed by atoms with van der Waals surface area (Å²) in [6.45, 7) is 5.18. The van der Waals surface area contributed by atoms with E-state index in [1.165, 1.54) is 15.5 Å². The first-order valence-electron chi connectivity index (χ1n) is 8.12. The molecule has 2 atom stereocenters. The van der Waals surface area contributed by atoms with Crippen LogP contribution in [-0.2, 0) is 4.79 Å². The number of carbonyl (C=O) groups excluding carboxylic acids is 2. The van der Waals surface area contributed by atoms with E-state index in [9.17, 15) is 14.4 Å². The first kappa shape index (κ1) is 17.0. The normalized spacial score (nSPS) is 17.7. The molecule has 2 unspecified atom stereocenters.